The van der Waals surface area contributed by atoms with Gasteiger partial charge in [-0.3, -0.25) is 0 Å². The van der Waals surface area contributed by atoms with Crippen LogP contribution >= 0.6 is 23.2 Å². The molecule has 0 spiro atoms. The van der Waals surface area contributed by atoms with E-state index in [4.69, 9.17) is 23.2 Å². The van der Waals surface area contributed by atoms with Crippen LogP contribution in [0.2, 0.25) is 0 Å². The van der Waals surface area contributed by atoms with Crippen LogP contribution in [0.1, 0.15) is 6.92 Å². The maximum Gasteiger partial charge on any atom is 0.280 e. The van der Waals surface area contributed by atoms with Gasteiger partial charge >= 0.3 is 0 Å². The highest BCUT2D eigenvalue weighted by molar-refractivity contribution is 6.49. The molecule has 0 aromatic rings. The monoisotopic (exact) mass is 180 g/mol. The maximum absolute atomic E-state index is 12.0. The summed E-state index contributed by atoms with van der Waals surface area (Å²) < 4.78 is 32.9. The van der Waals surface area contributed by atoms with Crippen molar-refractivity contribution in [2.24, 2.45) is 0 Å². The molecular weight excluding hydrogens is 176 g/mol. The molecule has 0 fully saturated rings. The van der Waals surface area contributed by atoms with Crippen LogP contribution in [0, 0.1) is 0 Å². The highest BCUT2D eigenvalue weighted by Crippen LogP contribution is 2.38. The van der Waals surface area contributed by atoms with Gasteiger partial charge in [-0.25, -0.2) is 13.2 Å². The van der Waals surface area contributed by atoms with Gasteiger partial charge in [0.05, 0.1) is 0 Å². The van der Waals surface area contributed by atoms with Crippen molar-refractivity contribution >= 4 is 23.2 Å². The Hall–Kier alpha value is 0.370. The van der Waals surface area contributed by atoms with Gasteiger partial charge in [-0.15, -0.1) is 0 Å². The lowest BCUT2D eigenvalue weighted by atomic mass is 10.3. The zero-order valence-electron chi connectivity index (χ0n) is 4.60. The molecule has 5 heteroatoms. The van der Waals surface area contributed by atoms with Gasteiger partial charge in [-0.1, -0.05) is 23.2 Å². The number of alkyl halides is 5. The smallest absolute Gasteiger partial charge is 0.248 e. The van der Waals surface area contributed by atoms with E-state index in [-0.39, 0.29) is 0 Å². The Morgan fingerprint density at radius 1 is 1.33 bits per heavy atom. The summed E-state index contributed by atoms with van der Waals surface area (Å²) in [6.45, 7) is -0.994. The summed E-state index contributed by atoms with van der Waals surface area (Å²) >= 11 is 9.67. The Labute approximate surface area is 60.9 Å². The van der Waals surface area contributed by atoms with Crippen molar-refractivity contribution in [2.45, 2.75) is 17.2 Å². The topological polar surface area (TPSA) is 0 Å². The average Bonchev–Trinajstić information content (AvgIpc) is 1.64. The van der Waals surface area contributed by atoms with Gasteiger partial charge in [-0.05, 0) is 0 Å². The molecule has 0 saturated heterocycles. The quantitative estimate of drug-likeness (QED) is 0.574. The van der Waals surface area contributed by atoms with E-state index in [1.54, 1.807) is 0 Å². The van der Waals surface area contributed by atoms with E-state index >= 15 is 0 Å². The number of rotatable bonds is 2. The molecule has 0 bridgehead atoms. The van der Waals surface area contributed by atoms with Crippen molar-refractivity contribution in [3.05, 3.63) is 0 Å². The van der Waals surface area contributed by atoms with Gasteiger partial charge in [0.1, 0.15) is 6.67 Å². The fraction of sp³-hybridized carbons (Fsp3) is 1.00. The van der Waals surface area contributed by atoms with Crippen LogP contribution < -0.4 is 0 Å². The van der Waals surface area contributed by atoms with E-state index in [1.807, 2.05) is 0 Å². The summed E-state index contributed by atoms with van der Waals surface area (Å²) in [6, 6.07) is 0. The van der Waals surface area contributed by atoms with Gasteiger partial charge in [0.15, 0.2) is 0 Å². The molecule has 0 heterocycles. The molecule has 0 radical (unpaired) electrons. The summed E-state index contributed by atoms with van der Waals surface area (Å²) in [6.07, 6.45) is 0. The Bertz CT molecular complexity index is 96.5. The predicted octanol–water partition coefficient (Wildman–Crippen LogP) is 2.79. The van der Waals surface area contributed by atoms with E-state index in [1.165, 1.54) is 0 Å². The standard InChI is InChI=1S/C4H5Cl2F3/c1-3(8,9)4(5,6)2-7/h2H2,1H3. The maximum atomic E-state index is 12.0. The molecule has 0 aliphatic heterocycles. The molecular formula is C4H5Cl2F3. The van der Waals surface area contributed by atoms with Crippen LogP contribution in [0.5, 0.6) is 0 Å². The molecule has 9 heavy (non-hydrogen) atoms. The Balaban J connectivity index is 4.14. The first-order valence-corrected chi connectivity index (χ1v) is 2.88. The predicted molar refractivity (Wildman–Crippen MR) is 31.0 cm³/mol. The largest absolute Gasteiger partial charge is 0.280 e. The lowest BCUT2D eigenvalue weighted by Gasteiger charge is -2.22. The highest BCUT2D eigenvalue weighted by Gasteiger charge is 2.47. The van der Waals surface area contributed by atoms with Crippen molar-refractivity contribution in [3.8, 4) is 0 Å². The number of hydrogen-bond donors (Lipinski definition) is 0. The van der Waals surface area contributed by atoms with Crippen molar-refractivity contribution in [2.75, 3.05) is 6.67 Å². The molecule has 0 unspecified atom stereocenters. The van der Waals surface area contributed by atoms with Crippen molar-refractivity contribution in [1.29, 1.82) is 0 Å². The fourth-order valence-electron chi connectivity index (χ4n) is 0.117. The minimum atomic E-state index is -3.40. The second-order valence-electron chi connectivity index (χ2n) is 1.73. The fourth-order valence-corrected chi connectivity index (χ4v) is 0.117. The van der Waals surface area contributed by atoms with Gasteiger partial charge in [-0.2, -0.15) is 0 Å². The summed E-state index contributed by atoms with van der Waals surface area (Å²) in [5.41, 5.74) is 0. The first-order valence-electron chi connectivity index (χ1n) is 2.13. The molecule has 0 saturated carbocycles. The minimum Gasteiger partial charge on any atom is -0.248 e. The minimum absolute atomic E-state index is 0.465. The molecule has 0 N–H and O–H groups in total. The van der Waals surface area contributed by atoms with Gasteiger partial charge in [0, 0.05) is 6.92 Å². The summed E-state index contributed by atoms with van der Waals surface area (Å²) in [5.74, 6) is -3.40. The van der Waals surface area contributed by atoms with E-state index in [2.05, 4.69) is 0 Å². The number of halogens is 5. The first kappa shape index (κ1) is 9.37. The third kappa shape index (κ3) is 2.22. The number of hydrogen-bond acceptors (Lipinski definition) is 0. The second kappa shape index (κ2) is 2.54. The van der Waals surface area contributed by atoms with Crippen LogP contribution in [0.4, 0.5) is 13.2 Å². The van der Waals surface area contributed by atoms with Gasteiger partial charge in [0.2, 0.25) is 4.33 Å². The highest BCUT2D eigenvalue weighted by atomic mass is 35.5. The summed E-state index contributed by atoms with van der Waals surface area (Å²) in [4.78, 5) is 0. The molecule has 0 amide bonds. The Morgan fingerprint density at radius 3 is 1.67 bits per heavy atom. The molecule has 0 rings (SSSR count). The van der Waals surface area contributed by atoms with Crippen molar-refractivity contribution in [3.63, 3.8) is 0 Å². The van der Waals surface area contributed by atoms with E-state index < -0.39 is 16.9 Å². The zero-order valence-corrected chi connectivity index (χ0v) is 6.11. The van der Waals surface area contributed by atoms with Crippen LogP contribution in [0.15, 0.2) is 0 Å². The van der Waals surface area contributed by atoms with E-state index in [0.29, 0.717) is 6.92 Å². The first-order chi connectivity index (χ1) is 3.81. The van der Waals surface area contributed by atoms with Crippen LogP contribution in [-0.2, 0) is 0 Å². The van der Waals surface area contributed by atoms with E-state index in [9.17, 15) is 13.2 Å². The van der Waals surface area contributed by atoms with Crippen LogP contribution in [-0.4, -0.2) is 16.9 Å². The molecule has 0 aromatic heterocycles. The molecule has 0 atom stereocenters. The third-order valence-electron chi connectivity index (χ3n) is 0.810. The van der Waals surface area contributed by atoms with E-state index in [0.717, 1.165) is 0 Å². The van der Waals surface area contributed by atoms with Gasteiger partial charge < -0.3 is 0 Å². The summed E-state index contributed by atoms with van der Waals surface area (Å²) in [7, 11) is 0. The van der Waals surface area contributed by atoms with Crippen molar-refractivity contribution in [1.82, 2.24) is 0 Å². The van der Waals surface area contributed by atoms with Crippen molar-refractivity contribution < 1.29 is 13.2 Å². The second-order valence-corrected chi connectivity index (χ2v) is 3.21. The average molecular weight is 181 g/mol. The Kier molecular flexibility index (Phi) is 2.65. The lowest BCUT2D eigenvalue weighted by molar-refractivity contribution is -0.00284. The molecule has 0 aromatic carbocycles. The molecule has 56 valence electrons. The third-order valence-corrected chi connectivity index (χ3v) is 1.68. The summed E-state index contributed by atoms with van der Waals surface area (Å²) in [5, 5.41) is 0. The molecule has 0 aliphatic carbocycles. The molecule has 0 nitrogen and oxygen atoms in total. The van der Waals surface area contributed by atoms with Crippen LogP contribution in [0.25, 0.3) is 0 Å². The van der Waals surface area contributed by atoms with Gasteiger partial charge in [0.25, 0.3) is 5.92 Å². The molecule has 0 aliphatic rings. The lowest BCUT2D eigenvalue weighted by Crippen LogP contribution is -2.37. The zero-order chi connectivity index (χ0) is 7.71. The SMILES string of the molecule is CC(F)(F)C(Cl)(Cl)CF. The van der Waals surface area contributed by atoms with Crippen LogP contribution in [0.3, 0.4) is 0 Å². The normalized spacial score (nSPS) is 14.0. The Morgan fingerprint density at radius 2 is 1.67 bits per heavy atom.